The van der Waals surface area contributed by atoms with Crippen molar-refractivity contribution in [3.05, 3.63) is 60.0 Å². The van der Waals surface area contributed by atoms with Gasteiger partial charge in [0.15, 0.2) is 0 Å². The van der Waals surface area contributed by atoms with Crippen molar-refractivity contribution in [3.8, 4) is 0 Å². The smallest absolute Gasteiger partial charge is 0.0386 e. The van der Waals surface area contributed by atoms with Crippen molar-refractivity contribution in [2.45, 2.75) is 116 Å². The first-order chi connectivity index (χ1) is 16.9. The Morgan fingerprint density at radius 3 is 2.00 bits per heavy atom. The average Bonchev–Trinajstić information content (AvgIpc) is 2.86. The maximum Gasteiger partial charge on any atom is 0.0386 e. The fourth-order valence-electron chi connectivity index (χ4n) is 5.45. The van der Waals surface area contributed by atoms with Crippen LogP contribution in [0.2, 0.25) is 0 Å². The summed E-state index contributed by atoms with van der Waals surface area (Å²) in [6, 6.07) is 0. The highest BCUT2D eigenvalue weighted by molar-refractivity contribution is 5.22. The SMILES string of the molecule is C1=CN2CCCCCCCCCCC3=CN(CC=C3)CCCCCCCCC=CCCC(=C1)C2. The summed E-state index contributed by atoms with van der Waals surface area (Å²) in [6.45, 7) is 4.72. The highest BCUT2D eigenvalue weighted by Crippen LogP contribution is 2.19. The molecule has 3 heterocycles. The van der Waals surface area contributed by atoms with Crippen LogP contribution in [0.4, 0.5) is 0 Å². The van der Waals surface area contributed by atoms with Crippen molar-refractivity contribution < 1.29 is 0 Å². The van der Waals surface area contributed by atoms with Gasteiger partial charge in [-0.05, 0) is 69.2 Å². The predicted molar refractivity (Wildman–Crippen MR) is 150 cm³/mol. The third-order valence-electron chi connectivity index (χ3n) is 7.58. The molecular weight excluding hydrogens is 412 g/mol. The molecule has 2 heteroatoms. The van der Waals surface area contributed by atoms with E-state index in [1.165, 1.54) is 129 Å². The second-order valence-corrected chi connectivity index (χ2v) is 10.7. The molecule has 4 bridgehead atoms. The maximum absolute atomic E-state index is 2.55. The zero-order chi connectivity index (χ0) is 23.5. The molecule has 0 amide bonds. The average molecular weight is 465 g/mol. The molecule has 3 aliphatic rings. The lowest BCUT2D eigenvalue weighted by Gasteiger charge is -2.24. The number of hydrogen-bond acceptors (Lipinski definition) is 2. The monoisotopic (exact) mass is 464 g/mol. The first-order valence-electron chi connectivity index (χ1n) is 14.8. The predicted octanol–water partition coefficient (Wildman–Crippen LogP) is 9.09. The van der Waals surface area contributed by atoms with Crippen molar-refractivity contribution in [2.75, 3.05) is 26.2 Å². The molecule has 0 fully saturated rings. The fraction of sp³-hybridized carbons (Fsp3) is 0.688. The van der Waals surface area contributed by atoms with Crippen LogP contribution in [-0.4, -0.2) is 36.0 Å². The van der Waals surface area contributed by atoms with Gasteiger partial charge in [0.05, 0.1) is 0 Å². The van der Waals surface area contributed by atoms with E-state index in [2.05, 4.69) is 58.7 Å². The van der Waals surface area contributed by atoms with Crippen molar-refractivity contribution in [1.82, 2.24) is 9.80 Å². The summed E-state index contributed by atoms with van der Waals surface area (Å²) in [4.78, 5) is 5.08. The first-order valence-corrected chi connectivity index (χ1v) is 14.8. The molecule has 0 N–H and O–H groups in total. The topological polar surface area (TPSA) is 6.48 Å². The fourth-order valence-corrected chi connectivity index (χ4v) is 5.45. The molecule has 2 nitrogen and oxygen atoms in total. The molecule has 0 aromatic carbocycles. The zero-order valence-electron chi connectivity index (χ0n) is 22.1. The number of hydrogen-bond donors (Lipinski definition) is 0. The Labute approximate surface area is 211 Å². The third-order valence-corrected chi connectivity index (χ3v) is 7.58. The van der Waals surface area contributed by atoms with Gasteiger partial charge < -0.3 is 9.80 Å². The van der Waals surface area contributed by atoms with Crippen molar-refractivity contribution in [1.29, 1.82) is 0 Å². The second kappa shape index (κ2) is 17.7. The van der Waals surface area contributed by atoms with Gasteiger partial charge in [-0.1, -0.05) is 100 Å². The Morgan fingerprint density at radius 1 is 0.559 bits per heavy atom. The maximum atomic E-state index is 2.55. The van der Waals surface area contributed by atoms with Crippen molar-refractivity contribution >= 4 is 0 Å². The standard InChI is InChI=1S/C32H52N2/c1-2-5-9-13-17-25-33-27-20-24-32(30-33)22-16-12-8-4-6-10-14-18-26-34-28-19-23-31(29-34)21-15-11-7-3-1/h7,11,19-20,23-24,28,30H,1-6,8-10,12-18,21-22,25-27,29H2. The van der Waals surface area contributed by atoms with E-state index in [1.54, 1.807) is 11.1 Å². The van der Waals surface area contributed by atoms with Gasteiger partial charge in [0.2, 0.25) is 0 Å². The molecule has 0 aliphatic carbocycles. The Morgan fingerprint density at radius 2 is 1.21 bits per heavy atom. The van der Waals surface area contributed by atoms with Gasteiger partial charge in [-0.15, -0.1) is 0 Å². The summed E-state index contributed by atoms with van der Waals surface area (Å²) < 4.78 is 0. The Bertz CT molecular complexity index is 681. The largest absolute Gasteiger partial charge is 0.373 e. The summed E-state index contributed by atoms with van der Waals surface area (Å²) >= 11 is 0. The summed E-state index contributed by atoms with van der Waals surface area (Å²) in [5.41, 5.74) is 3.16. The first kappa shape index (κ1) is 26.9. The Kier molecular flexibility index (Phi) is 14.0. The van der Waals surface area contributed by atoms with Gasteiger partial charge in [-0.25, -0.2) is 0 Å². The van der Waals surface area contributed by atoms with E-state index in [9.17, 15) is 0 Å². The summed E-state index contributed by atoms with van der Waals surface area (Å²) in [5, 5.41) is 0. The van der Waals surface area contributed by atoms with E-state index in [0.717, 1.165) is 13.1 Å². The van der Waals surface area contributed by atoms with Crippen LogP contribution in [0.5, 0.6) is 0 Å². The van der Waals surface area contributed by atoms with Crippen LogP contribution in [0.25, 0.3) is 0 Å². The molecule has 3 aliphatic heterocycles. The minimum atomic E-state index is 1.11. The molecule has 0 saturated carbocycles. The molecule has 0 radical (unpaired) electrons. The van der Waals surface area contributed by atoms with Gasteiger partial charge in [-0.3, -0.25) is 0 Å². The molecule has 34 heavy (non-hydrogen) atoms. The Hall–Kier alpha value is -1.70. The summed E-state index contributed by atoms with van der Waals surface area (Å²) in [6.07, 6.45) is 43.4. The van der Waals surface area contributed by atoms with Gasteiger partial charge in [0, 0.05) is 32.4 Å². The molecule has 0 atom stereocenters. The highest BCUT2D eigenvalue weighted by Gasteiger charge is 2.07. The second-order valence-electron chi connectivity index (χ2n) is 10.7. The number of allylic oxidation sites excluding steroid dienone is 6. The minimum absolute atomic E-state index is 1.11. The van der Waals surface area contributed by atoms with Crippen molar-refractivity contribution in [3.63, 3.8) is 0 Å². The van der Waals surface area contributed by atoms with Crippen LogP contribution < -0.4 is 0 Å². The quantitative estimate of drug-likeness (QED) is 0.330. The van der Waals surface area contributed by atoms with Crippen LogP contribution in [0.15, 0.2) is 60.0 Å². The molecule has 0 aromatic heterocycles. The normalized spacial score (nSPS) is 23.5. The highest BCUT2D eigenvalue weighted by atomic mass is 15.1. The molecular formula is C32H52N2. The van der Waals surface area contributed by atoms with Gasteiger partial charge in [0.1, 0.15) is 0 Å². The molecule has 0 spiro atoms. The lowest BCUT2D eigenvalue weighted by Crippen LogP contribution is -2.23. The molecule has 0 saturated heterocycles. The van der Waals surface area contributed by atoms with Gasteiger partial charge in [-0.2, -0.15) is 0 Å². The Balaban J connectivity index is 1.37. The molecule has 0 aromatic rings. The van der Waals surface area contributed by atoms with Crippen LogP contribution in [0, 0.1) is 0 Å². The minimum Gasteiger partial charge on any atom is -0.373 e. The van der Waals surface area contributed by atoms with Gasteiger partial charge in [0.25, 0.3) is 0 Å². The van der Waals surface area contributed by atoms with E-state index < -0.39 is 0 Å². The van der Waals surface area contributed by atoms with Crippen molar-refractivity contribution in [2.24, 2.45) is 0 Å². The molecule has 0 unspecified atom stereocenters. The van der Waals surface area contributed by atoms with Crippen LogP contribution >= 0.6 is 0 Å². The number of fused-ring (bicyclic) bond motifs is 3. The van der Waals surface area contributed by atoms with E-state index in [1.807, 2.05) is 0 Å². The van der Waals surface area contributed by atoms with Crippen LogP contribution in [-0.2, 0) is 0 Å². The van der Waals surface area contributed by atoms with Gasteiger partial charge >= 0.3 is 0 Å². The lowest BCUT2D eigenvalue weighted by molar-refractivity contribution is 0.380. The van der Waals surface area contributed by atoms with Crippen LogP contribution in [0.1, 0.15) is 116 Å². The third kappa shape index (κ3) is 12.1. The van der Waals surface area contributed by atoms with E-state index >= 15 is 0 Å². The number of nitrogens with zero attached hydrogens (tertiary/aromatic N) is 2. The zero-order valence-corrected chi connectivity index (χ0v) is 22.1. The molecule has 190 valence electrons. The van der Waals surface area contributed by atoms with Crippen LogP contribution in [0.3, 0.4) is 0 Å². The van der Waals surface area contributed by atoms with E-state index in [0.29, 0.717) is 0 Å². The number of rotatable bonds is 0. The lowest BCUT2D eigenvalue weighted by atomic mass is 10.0. The molecule has 3 rings (SSSR count). The van der Waals surface area contributed by atoms with E-state index in [-0.39, 0.29) is 0 Å². The van der Waals surface area contributed by atoms with E-state index in [4.69, 9.17) is 0 Å². The summed E-state index contributed by atoms with van der Waals surface area (Å²) in [7, 11) is 0. The summed E-state index contributed by atoms with van der Waals surface area (Å²) in [5.74, 6) is 0.